The predicted octanol–water partition coefficient (Wildman–Crippen LogP) is 2.45. The van der Waals surface area contributed by atoms with Gasteiger partial charge in [0.2, 0.25) is 5.91 Å². The SMILES string of the molecule is CCC(N)(CC)CNC(=O)CC1CC2CCC1C2. The maximum atomic E-state index is 12.0. The minimum atomic E-state index is -0.218. The molecule has 2 saturated carbocycles. The zero-order chi connectivity index (χ0) is 13.2. The molecular formula is C15H28N2O. The standard InChI is InChI=1S/C15H28N2O/c1-3-15(16,4-2)10-17-14(18)9-13-8-11-5-6-12(13)7-11/h11-13H,3-10,16H2,1-2H3,(H,17,18). The Morgan fingerprint density at radius 2 is 2.00 bits per heavy atom. The van der Waals surface area contributed by atoms with E-state index in [1.165, 1.54) is 25.7 Å². The first-order valence-corrected chi connectivity index (χ1v) is 7.62. The van der Waals surface area contributed by atoms with Gasteiger partial charge in [-0.1, -0.05) is 20.3 Å². The summed E-state index contributed by atoms with van der Waals surface area (Å²) in [6.07, 6.45) is 7.98. The molecule has 3 atom stereocenters. The van der Waals surface area contributed by atoms with Gasteiger partial charge in [0.25, 0.3) is 0 Å². The van der Waals surface area contributed by atoms with E-state index in [0.717, 1.165) is 31.1 Å². The van der Waals surface area contributed by atoms with Gasteiger partial charge in [0.05, 0.1) is 0 Å². The number of nitrogens with one attached hydrogen (secondary N) is 1. The summed E-state index contributed by atoms with van der Waals surface area (Å²) in [4.78, 5) is 12.0. The van der Waals surface area contributed by atoms with Crippen molar-refractivity contribution in [3.8, 4) is 0 Å². The third-order valence-electron chi connectivity index (χ3n) is 5.38. The van der Waals surface area contributed by atoms with E-state index >= 15 is 0 Å². The molecule has 0 aliphatic heterocycles. The Morgan fingerprint density at radius 1 is 1.28 bits per heavy atom. The van der Waals surface area contributed by atoms with E-state index in [-0.39, 0.29) is 11.4 Å². The summed E-state index contributed by atoms with van der Waals surface area (Å²) in [5, 5.41) is 3.05. The van der Waals surface area contributed by atoms with Crippen LogP contribution in [0.25, 0.3) is 0 Å². The lowest BCUT2D eigenvalue weighted by molar-refractivity contribution is -0.122. The molecule has 2 aliphatic carbocycles. The van der Waals surface area contributed by atoms with Crippen molar-refractivity contribution in [2.45, 2.75) is 64.3 Å². The van der Waals surface area contributed by atoms with Crippen molar-refractivity contribution in [3.63, 3.8) is 0 Å². The highest BCUT2D eigenvalue weighted by molar-refractivity contribution is 5.76. The van der Waals surface area contributed by atoms with Crippen LogP contribution in [0.15, 0.2) is 0 Å². The molecule has 3 N–H and O–H groups in total. The molecule has 0 saturated heterocycles. The number of carbonyl (C=O) groups excluding carboxylic acids is 1. The Kier molecular flexibility index (Phi) is 4.31. The topological polar surface area (TPSA) is 55.1 Å². The molecule has 2 bridgehead atoms. The Balaban J connectivity index is 1.72. The lowest BCUT2D eigenvalue weighted by Gasteiger charge is -2.27. The molecule has 3 heteroatoms. The van der Waals surface area contributed by atoms with Crippen LogP contribution in [0, 0.1) is 17.8 Å². The van der Waals surface area contributed by atoms with Gasteiger partial charge in [-0.3, -0.25) is 4.79 Å². The Labute approximate surface area is 111 Å². The lowest BCUT2D eigenvalue weighted by Crippen LogP contribution is -2.49. The van der Waals surface area contributed by atoms with Crippen LogP contribution in [0.3, 0.4) is 0 Å². The van der Waals surface area contributed by atoms with E-state index in [1.54, 1.807) is 0 Å². The van der Waals surface area contributed by atoms with Gasteiger partial charge in [-0.15, -0.1) is 0 Å². The highest BCUT2D eigenvalue weighted by Gasteiger charge is 2.40. The van der Waals surface area contributed by atoms with Gasteiger partial charge in [-0.05, 0) is 49.9 Å². The maximum Gasteiger partial charge on any atom is 0.220 e. The summed E-state index contributed by atoms with van der Waals surface area (Å²) >= 11 is 0. The maximum absolute atomic E-state index is 12.0. The molecule has 3 unspecified atom stereocenters. The fourth-order valence-electron chi connectivity index (χ4n) is 3.71. The lowest BCUT2D eigenvalue weighted by atomic mass is 9.86. The first kappa shape index (κ1) is 13.9. The fraction of sp³-hybridized carbons (Fsp3) is 0.933. The van der Waals surface area contributed by atoms with Gasteiger partial charge in [-0.25, -0.2) is 0 Å². The Hall–Kier alpha value is -0.570. The first-order valence-electron chi connectivity index (χ1n) is 7.62. The molecule has 0 aromatic rings. The molecule has 0 radical (unpaired) electrons. The van der Waals surface area contributed by atoms with Crippen molar-refractivity contribution >= 4 is 5.91 Å². The zero-order valence-corrected chi connectivity index (χ0v) is 11.9. The zero-order valence-electron chi connectivity index (χ0n) is 11.9. The van der Waals surface area contributed by atoms with Gasteiger partial charge in [0, 0.05) is 18.5 Å². The Bertz CT molecular complexity index is 299. The molecule has 2 rings (SSSR count). The molecule has 2 aliphatic rings. The molecule has 3 nitrogen and oxygen atoms in total. The summed E-state index contributed by atoms with van der Waals surface area (Å²) < 4.78 is 0. The number of rotatable bonds is 6. The van der Waals surface area contributed by atoms with Crippen LogP contribution >= 0.6 is 0 Å². The van der Waals surface area contributed by atoms with E-state index in [1.807, 2.05) is 0 Å². The predicted molar refractivity (Wildman–Crippen MR) is 74.1 cm³/mol. The summed E-state index contributed by atoms with van der Waals surface area (Å²) in [6, 6.07) is 0. The number of hydrogen-bond acceptors (Lipinski definition) is 2. The minimum absolute atomic E-state index is 0.212. The largest absolute Gasteiger partial charge is 0.354 e. The van der Waals surface area contributed by atoms with Gasteiger partial charge < -0.3 is 11.1 Å². The molecule has 0 heterocycles. The molecule has 0 spiro atoms. The van der Waals surface area contributed by atoms with Crippen LogP contribution in [0.4, 0.5) is 0 Å². The Morgan fingerprint density at radius 3 is 2.50 bits per heavy atom. The second-order valence-corrected chi connectivity index (χ2v) is 6.49. The minimum Gasteiger partial charge on any atom is -0.354 e. The highest BCUT2D eigenvalue weighted by Crippen LogP contribution is 2.49. The van der Waals surface area contributed by atoms with Crippen LogP contribution in [0.2, 0.25) is 0 Å². The van der Waals surface area contributed by atoms with E-state index in [4.69, 9.17) is 5.73 Å². The normalized spacial score (nSPS) is 30.7. The van der Waals surface area contributed by atoms with Crippen molar-refractivity contribution < 1.29 is 4.79 Å². The molecule has 1 amide bonds. The number of amides is 1. The second-order valence-electron chi connectivity index (χ2n) is 6.49. The van der Waals surface area contributed by atoms with Crippen molar-refractivity contribution in [3.05, 3.63) is 0 Å². The summed E-state index contributed by atoms with van der Waals surface area (Å²) in [6.45, 7) is 4.80. The van der Waals surface area contributed by atoms with Crippen LogP contribution in [-0.2, 0) is 4.79 Å². The van der Waals surface area contributed by atoms with Crippen molar-refractivity contribution in [2.75, 3.05) is 6.54 Å². The van der Waals surface area contributed by atoms with Crippen LogP contribution in [0.5, 0.6) is 0 Å². The molecular weight excluding hydrogens is 224 g/mol. The van der Waals surface area contributed by atoms with E-state index in [2.05, 4.69) is 19.2 Å². The van der Waals surface area contributed by atoms with Gasteiger partial charge in [-0.2, -0.15) is 0 Å². The second kappa shape index (κ2) is 5.60. The fourth-order valence-corrected chi connectivity index (χ4v) is 3.71. The third kappa shape index (κ3) is 3.05. The van der Waals surface area contributed by atoms with Crippen molar-refractivity contribution in [2.24, 2.45) is 23.5 Å². The molecule has 0 aromatic heterocycles. The smallest absolute Gasteiger partial charge is 0.220 e. The van der Waals surface area contributed by atoms with E-state index < -0.39 is 0 Å². The molecule has 0 aromatic carbocycles. The van der Waals surface area contributed by atoms with Crippen molar-refractivity contribution in [1.29, 1.82) is 0 Å². The van der Waals surface area contributed by atoms with Crippen LogP contribution < -0.4 is 11.1 Å². The monoisotopic (exact) mass is 252 g/mol. The third-order valence-corrected chi connectivity index (χ3v) is 5.38. The van der Waals surface area contributed by atoms with Gasteiger partial charge in [0.15, 0.2) is 0 Å². The summed E-state index contributed by atoms with van der Waals surface area (Å²) in [7, 11) is 0. The van der Waals surface area contributed by atoms with Crippen molar-refractivity contribution in [1.82, 2.24) is 5.32 Å². The average Bonchev–Trinajstić information content (AvgIpc) is 2.98. The quantitative estimate of drug-likeness (QED) is 0.763. The summed E-state index contributed by atoms with van der Waals surface area (Å²) in [5.41, 5.74) is 5.98. The molecule has 2 fully saturated rings. The van der Waals surface area contributed by atoms with Crippen LogP contribution in [-0.4, -0.2) is 18.0 Å². The molecule has 104 valence electrons. The average molecular weight is 252 g/mol. The van der Waals surface area contributed by atoms with Gasteiger partial charge >= 0.3 is 0 Å². The summed E-state index contributed by atoms with van der Waals surface area (Å²) in [5.74, 6) is 2.62. The van der Waals surface area contributed by atoms with E-state index in [9.17, 15) is 4.79 Å². The molecule has 18 heavy (non-hydrogen) atoms. The number of nitrogens with two attached hydrogens (primary N) is 1. The van der Waals surface area contributed by atoms with Gasteiger partial charge in [0.1, 0.15) is 0 Å². The number of hydrogen-bond donors (Lipinski definition) is 2. The first-order chi connectivity index (χ1) is 8.56. The number of fused-ring (bicyclic) bond motifs is 2. The van der Waals surface area contributed by atoms with E-state index in [0.29, 0.717) is 12.5 Å². The van der Waals surface area contributed by atoms with Crippen LogP contribution in [0.1, 0.15) is 58.8 Å². The highest BCUT2D eigenvalue weighted by atomic mass is 16.1. The number of carbonyl (C=O) groups is 1.